The highest BCUT2D eigenvalue weighted by Gasteiger charge is 1.89. The average Bonchev–Trinajstić information content (AvgIpc) is 2.03. The smallest absolute Gasteiger partial charge is 0.0462 e. The van der Waals surface area contributed by atoms with Gasteiger partial charge in [-0.3, -0.25) is 0 Å². The molecule has 0 rings (SSSR count). The summed E-state index contributed by atoms with van der Waals surface area (Å²) in [7, 11) is 1.77. The van der Waals surface area contributed by atoms with Gasteiger partial charge >= 0.3 is 0 Å². The first kappa shape index (κ1) is 11.3. The van der Waals surface area contributed by atoms with Crippen molar-refractivity contribution in [3.8, 4) is 0 Å². The quantitative estimate of drug-likeness (QED) is 0.526. The molecule has 0 aliphatic rings. The molecule has 11 heavy (non-hydrogen) atoms. The molecule has 68 valence electrons. The van der Waals surface area contributed by atoms with Crippen molar-refractivity contribution in [1.82, 2.24) is 0 Å². The Morgan fingerprint density at radius 3 is 2.55 bits per heavy atom. The van der Waals surface area contributed by atoms with Crippen LogP contribution in [0.3, 0.4) is 0 Å². The molecule has 0 spiro atoms. The molecule has 0 aromatic heterocycles. The standard InChI is InChI=1S/C9H20OS/c1-3-8-11-9-6-4-5-7-10-2/h3-9H2,1-2H3. The average molecular weight is 176 g/mol. The maximum absolute atomic E-state index is 4.96. The second kappa shape index (κ2) is 10.3. The number of methoxy groups -OCH3 is 1. The van der Waals surface area contributed by atoms with Gasteiger partial charge < -0.3 is 4.74 Å². The number of hydrogen-bond acceptors (Lipinski definition) is 2. The summed E-state index contributed by atoms with van der Waals surface area (Å²) >= 11 is 2.07. The van der Waals surface area contributed by atoms with Gasteiger partial charge in [0.15, 0.2) is 0 Å². The summed E-state index contributed by atoms with van der Waals surface area (Å²) in [5.41, 5.74) is 0. The molecule has 0 fully saturated rings. The van der Waals surface area contributed by atoms with Crippen molar-refractivity contribution in [2.75, 3.05) is 25.2 Å². The summed E-state index contributed by atoms with van der Waals surface area (Å²) < 4.78 is 4.96. The van der Waals surface area contributed by atoms with E-state index >= 15 is 0 Å². The third-order valence-electron chi connectivity index (χ3n) is 1.49. The first-order valence-electron chi connectivity index (χ1n) is 4.48. The Bertz CT molecular complexity index is 58.6. The Morgan fingerprint density at radius 1 is 1.09 bits per heavy atom. The van der Waals surface area contributed by atoms with Gasteiger partial charge in [-0.25, -0.2) is 0 Å². The number of unbranched alkanes of at least 4 members (excludes halogenated alkanes) is 2. The van der Waals surface area contributed by atoms with E-state index in [9.17, 15) is 0 Å². The molecule has 0 aromatic carbocycles. The van der Waals surface area contributed by atoms with Crippen LogP contribution in [0.15, 0.2) is 0 Å². The monoisotopic (exact) mass is 176 g/mol. The zero-order valence-corrected chi connectivity index (χ0v) is 8.58. The Hall–Kier alpha value is 0.310. The van der Waals surface area contributed by atoms with Crippen molar-refractivity contribution in [2.24, 2.45) is 0 Å². The van der Waals surface area contributed by atoms with Crippen molar-refractivity contribution < 1.29 is 4.74 Å². The molecule has 0 aliphatic carbocycles. The maximum Gasteiger partial charge on any atom is 0.0462 e. The molecule has 0 saturated carbocycles. The number of rotatable bonds is 8. The van der Waals surface area contributed by atoms with Crippen LogP contribution in [0.4, 0.5) is 0 Å². The Balaban J connectivity index is 2.69. The van der Waals surface area contributed by atoms with Crippen molar-refractivity contribution in [3.05, 3.63) is 0 Å². The first-order valence-corrected chi connectivity index (χ1v) is 5.64. The van der Waals surface area contributed by atoms with E-state index in [-0.39, 0.29) is 0 Å². The summed E-state index contributed by atoms with van der Waals surface area (Å²) in [4.78, 5) is 0. The minimum absolute atomic E-state index is 0.929. The van der Waals surface area contributed by atoms with Gasteiger partial charge in [-0.15, -0.1) is 0 Å². The van der Waals surface area contributed by atoms with E-state index in [1.54, 1.807) is 7.11 Å². The van der Waals surface area contributed by atoms with E-state index in [2.05, 4.69) is 18.7 Å². The summed E-state index contributed by atoms with van der Waals surface area (Å²) in [6, 6.07) is 0. The Labute approximate surface area is 74.9 Å². The van der Waals surface area contributed by atoms with E-state index < -0.39 is 0 Å². The molecule has 0 aromatic rings. The summed E-state index contributed by atoms with van der Waals surface area (Å²) in [6.45, 7) is 3.16. The van der Waals surface area contributed by atoms with E-state index in [0.29, 0.717) is 0 Å². The molecule has 0 bridgehead atoms. The van der Waals surface area contributed by atoms with Crippen LogP contribution in [0, 0.1) is 0 Å². The molecule has 0 N–H and O–H groups in total. The van der Waals surface area contributed by atoms with Crippen molar-refractivity contribution in [3.63, 3.8) is 0 Å². The molecule has 0 unspecified atom stereocenters. The molecular formula is C9H20OS. The lowest BCUT2D eigenvalue weighted by atomic mass is 10.3. The topological polar surface area (TPSA) is 9.23 Å². The van der Waals surface area contributed by atoms with Crippen molar-refractivity contribution in [1.29, 1.82) is 0 Å². The largest absolute Gasteiger partial charge is 0.385 e. The van der Waals surface area contributed by atoms with Gasteiger partial charge in [0, 0.05) is 13.7 Å². The van der Waals surface area contributed by atoms with Gasteiger partial charge in [-0.05, 0) is 30.8 Å². The van der Waals surface area contributed by atoms with Gasteiger partial charge in [0.2, 0.25) is 0 Å². The predicted octanol–water partition coefficient (Wildman–Crippen LogP) is 2.95. The Morgan fingerprint density at radius 2 is 1.91 bits per heavy atom. The lowest BCUT2D eigenvalue weighted by Gasteiger charge is -1.99. The van der Waals surface area contributed by atoms with Crippen LogP contribution in [0.1, 0.15) is 32.6 Å². The predicted molar refractivity (Wildman–Crippen MR) is 53.3 cm³/mol. The van der Waals surface area contributed by atoms with E-state index in [1.165, 1.54) is 37.2 Å². The van der Waals surface area contributed by atoms with Crippen LogP contribution in [0.2, 0.25) is 0 Å². The highest BCUT2D eigenvalue weighted by Crippen LogP contribution is 2.06. The number of hydrogen-bond donors (Lipinski definition) is 0. The van der Waals surface area contributed by atoms with E-state index in [0.717, 1.165) is 6.61 Å². The highest BCUT2D eigenvalue weighted by molar-refractivity contribution is 7.99. The lowest BCUT2D eigenvalue weighted by Crippen LogP contribution is -1.89. The van der Waals surface area contributed by atoms with Gasteiger partial charge in [0.05, 0.1) is 0 Å². The molecule has 0 amide bonds. The SMILES string of the molecule is CCCSCCCCCOC. The van der Waals surface area contributed by atoms with E-state index in [4.69, 9.17) is 4.74 Å². The molecule has 0 aliphatic heterocycles. The minimum atomic E-state index is 0.929. The second-order valence-electron chi connectivity index (χ2n) is 2.67. The van der Waals surface area contributed by atoms with Crippen LogP contribution in [0.5, 0.6) is 0 Å². The summed E-state index contributed by atoms with van der Waals surface area (Å²) in [5.74, 6) is 2.65. The van der Waals surface area contributed by atoms with E-state index in [1.807, 2.05) is 0 Å². The van der Waals surface area contributed by atoms with Crippen LogP contribution in [-0.4, -0.2) is 25.2 Å². The zero-order valence-electron chi connectivity index (χ0n) is 7.77. The molecular weight excluding hydrogens is 156 g/mol. The van der Waals surface area contributed by atoms with Crippen LogP contribution in [-0.2, 0) is 4.74 Å². The molecule has 0 atom stereocenters. The fourth-order valence-electron chi connectivity index (χ4n) is 0.874. The normalized spacial score (nSPS) is 10.4. The second-order valence-corrected chi connectivity index (χ2v) is 3.89. The van der Waals surface area contributed by atoms with Crippen molar-refractivity contribution in [2.45, 2.75) is 32.6 Å². The fraction of sp³-hybridized carbons (Fsp3) is 1.00. The number of ether oxygens (including phenoxy) is 1. The molecule has 0 saturated heterocycles. The number of thioether (sulfide) groups is 1. The molecule has 0 radical (unpaired) electrons. The molecule has 0 heterocycles. The van der Waals surface area contributed by atoms with Crippen molar-refractivity contribution >= 4 is 11.8 Å². The maximum atomic E-state index is 4.96. The summed E-state index contributed by atoms with van der Waals surface area (Å²) in [5, 5.41) is 0. The van der Waals surface area contributed by atoms with Crippen LogP contribution >= 0.6 is 11.8 Å². The first-order chi connectivity index (χ1) is 5.41. The fourth-order valence-corrected chi connectivity index (χ4v) is 1.77. The summed E-state index contributed by atoms with van der Waals surface area (Å²) in [6.07, 6.45) is 5.21. The third-order valence-corrected chi connectivity index (χ3v) is 2.76. The highest BCUT2D eigenvalue weighted by atomic mass is 32.2. The van der Waals surface area contributed by atoms with Crippen LogP contribution < -0.4 is 0 Å². The van der Waals surface area contributed by atoms with Gasteiger partial charge in [0.1, 0.15) is 0 Å². The van der Waals surface area contributed by atoms with Gasteiger partial charge in [-0.1, -0.05) is 13.3 Å². The van der Waals surface area contributed by atoms with Crippen LogP contribution in [0.25, 0.3) is 0 Å². The molecule has 2 heteroatoms. The third kappa shape index (κ3) is 10.3. The molecule has 1 nitrogen and oxygen atoms in total. The lowest BCUT2D eigenvalue weighted by molar-refractivity contribution is 0.192. The van der Waals surface area contributed by atoms with Gasteiger partial charge in [0.25, 0.3) is 0 Å². The van der Waals surface area contributed by atoms with Gasteiger partial charge in [-0.2, -0.15) is 11.8 Å². The minimum Gasteiger partial charge on any atom is -0.385 e. The Kier molecular flexibility index (Phi) is 10.6. The zero-order chi connectivity index (χ0) is 8.36.